The summed E-state index contributed by atoms with van der Waals surface area (Å²) >= 11 is 0. The van der Waals surface area contributed by atoms with E-state index in [1.54, 1.807) is 18.2 Å². The van der Waals surface area contributed by atoms with Crippen LogP contribution in [-0.2, 0) is 6.54 Å². The molecule has 5 nitrogen and oxygen atoms in total. The summed E-state index contributed by atoms with van der Waals surface area (Å²) < 4.78 is 7.95. The monoisotopic (exact) mass is 346 g/mol. The lowest BCUT2D eigenvalue weighted by atomic mass is 10.2. The van der Waals surface area contributed by atoms with Gasteiger partial charge in [-0.25, -0.2) is 0 Å². The van der Waals surface area contributed by atoms with Gasteiger partial charge in [0.25, 0.3) is 0 Å². The molecule has 0 fully saturated rings. The summed E-state index contributed by atoms with van der Waals surface area (Å²) in [7, 11) is 0. The summed E-state index contributed by atoms with van der Waals surface area (Å²) in [6.45, 7) is 1.21. The predicted octanol–water partition coefficient (Wildman–Crippen LogP) is 5.17. The molecule has 3 aromatic carbocycles. The molecule has 0 saturated heterocycles. The normalized spacial score (nSPS) is 11.1. The predicted molar refractivity (Wildman–Crippen MR) is 103 cm³/mol. The van der Waals surface area contributed by atoms with E-state index in [9.17, 15) is 10.1 Å². The van der Waals surface area contributed by atoms with Gasteiger partial charge in [-0.05, 0) is 24.6 Å². The Labute approximate surface area is 150 Å². The molecule has 0 aliphatic rings. The topological polar surface area (TPSA) is 57.3 Å². The largest absolute Gasteiger partial charge is 0.487 e. The van der Waals surface area contributed by atoms with Crippen LogP contribution < -0.4 is 4.74 Å². The zero-order valence-corrected chi connectivity index (χ0v) is 14.2. The van der Waals surface area contributed by atoms with E-state index in [0.29, 0.717) is 12.4 Å². The Morgan fingerprint density at radius 1 is 0.846 bits per heavy atom. The molecular formula is C21H18N2O3. The third-order valence-corrected chi connectivity index (χ3v) is 4.53. The molecule has 0 radical (unpaired) electrons. The second-order valence-electron chi connectivity index (χ2n) is 6.11. The first-order valence-electron chi connectivity index (χ1n) is 8.58. The Balaban J connectivity index is 1.53. The molecule has 4 aromatic rings. The smallest absolute Gasteiger partial charge is 0.310 e. The molecule has 0 atom stereocenters. The van der Waals surface area contributed by atoms with Gasteiger partial charge in [0.15, 0.2) is 5.75 Å². The van der Waals surface area contributed by atoms with Crippen LogP contribution in [0.4, 0.5) is 5.69 Å². The van der Waals surface area contributed by atoms with E-state index in [1.165, 1.54) is 27.9 Å². The third-order valence-electron chi connectivity index (χ3n) is 4.53. The fourth-order valence-corrected chi connectivity index (χ4v) is 3.38. The lowest BCUT2D eigenvalue weighted by Crippen LogP contribution is -2.05. The highest BCUT2D eigenvalue weighted by atomic mass is 16.6. The van der Waals surface area contributed by atoms with Crippen molar-refractivity contribution in [2.75, 3.05) is 6.61 Å². The molecule has 0 saturated carbocycles. The number of hydrogen-bond donors (Lipinski definition) is 0. The maximum absolute atomic E-state index is 11.1. The van der Waals surface area contributed by atoms with E-state index in [0.717, 1.165) is 13.0 Å². The van der Waals surface area contributed by atoms with Gasteiger partial charge in [-0.1, -0.05) is 48.5 Å². The summed E-state index contributed by atoms with van der Waals surface area (Å²) in [5, 5.41) is 13.5. The molecule has 1 aromatic heterocycles. The minimum Gasteiger partial charge on any atom is -0.487 e. The number of benzene rings is 3. The van der Waals surface area contributed by atoms with Gasteiger partial charge in [-0.3, -0.25) is 10.1 Å². The first-order valence-corrected chi connectivity index (χ1v) is 8.58. The summed E-state index contributed by atoms with van der Waals surface area (Å²) in [5.74, 6) is 0.319. The standard InChI is InChI=1S/C21H18N2O3/c24-23(25)20-12-5-6-13-21(20)26-15-7-14-22-18-10-3-1-8-16(18)17-9-2-4-11-19(17)22/h1-6,8-13H,7,14-15H2. The van der Waals surface area contributed by atoms with E-state index in [-0.39, 0.29) is 5.69 Å². The Morgan fingerprint density at radius 3 is 2.08 bits per heavy atom. The van der Waals surface area contributed by atoms with Gasteiger partial charge < -0.3 is 9.30 Å². The van der Waals surface area contributed by atoms with E-state index >= 15 is 0 Å². The molecular weight excluding hydrogens is 328 g/mol. The zero-order chi connectivity index (χ0) is 17.9. The van der Waals surface area contributed by atoms with Crippen molar-refractivity contribution in [3.63, 3.8) is 0 Å². The van der Waals surface area contributed by atoms with Crippen molar-refractivity contribution in [2.24, 2.45) is 0 Å². The highest BCUT2D eigenvalue weighted by Crippen LogP contribution is 2.29. The van der Waals surface area contributed by atoms with Crippen molar-refractivity contribution in [1.29, 1.82) is 0 Å². The second-order valence-corrected chi connectivity index (χ2v) is 6.11. The summed E-state index contributed by atoms with van der Waals surface area (Å²) in [6, 6.07) is 23.2. The van der Waals surface area contributed by atoms with Crippen LogP contribution in [0.3, 0.4) is 0 Å². The first-order chi connectivity index (χ1) is 12.8. The molecule has 0 N–H and O–H groups in total. The number of nitrogens with zero attached hydrogens (tertiary/aromatic N) is 2. The average molecular weight is 346 g/mol. The molecule has 5 heteroatoms. The lowest BCUT2D eigenvalue weighted by molar-refractivity contribution is -0.385. The number of hydrogen-bond acceptors (Lipinski definition) is 3. The Morgan fingerprint density at radius 2 is 1.42 bits per heavy atom. The second kappa shape index (κ2) is 6.88. The lowest BCUT2D eigenvalue weighted by Gasteiger charge is -2.09. The average Bonchev–Trinajstić information content (AvgIpc) is 2.99. The molecule has 130 valence electrons. The fourth-order valence-electron chi connectivity index (χ4n) is 3.38. The number of para-hydroxylation sites is 4. The Hall–Kier alpha value is -3.34. The number of nitro benzene ring substituents is 1. The van der Waals surface area contributed by atoms with Crippen LogP contribution >= 0.6 is 0 Å². The molecule has 0 amide bonds. The molecule has 0 aliphatic heterocycles. The van der Waals surface area contributed by atoms with Crippen LogP contribution in [0, 0.1) is 10.1 Å². The van der Waals surface area contributed by atoms with Gasteiger partial charge in [0.1, 0.15) is 0 Å². The van der Waals surface area contributed by atoms with Gasteiger partial charge in [0, 0.05) is 34.4 Å². The van der Waals surface area contributed by atoms with Crippen molar-refractivity contribution in [2.45, 2.75) is 13.0 Å². The van der Waals surface area contributed by atoms with Crippen LogP contribution in [0.1, 0.15) is 6.42 Å². The highest BCUT2D eigenvalue weighted by molar-refractivity contribution is 6.07. The number of aromatic nitrogens is 1. The van der Waals surface area contributed by atoms with Crippen LogP contribution in [0.25, 0.3) is 21.8 Å². The minimum absolute atomic E-state index is 0.00404. The maximum atomic E-state index is 11.1. The van der Waals surface area contributed by atoms with E-state index in [2.05, 4.69) is 41.0 Å². The molecule has 4 rings (SSSR count). The molecule has 1 heterocycles. The number of fused-ring (bicyclic) bond motifs is 3. The van der Waals surface area contributed by atoms with Crippen molar-refractivity contribution < 1.29 is 9.66 Å². The van der Waals surface area contributed by atoms with Gasteiger partial charge in [-0.15, -0.1) is 0 Å². The minimum atomic E-state index is -0.414. The van der Waals surface area contributed by atoms with E-state index < -0.39 is 4.92 Å². The molecule has 0 aliphatic carbocycles. The van der Waals surface area contributed by atoms with Gasteiger partial charge in [-0.2, -0.15) is 0 Å². The number of ether oxygens (including phenoxy) is 1. The van der Waals surface area contributed by atoms with Crippen LogP contribution in [-0.4, -0.2) is 16.1 Å². The summed E-state index contributed by atoms with van der Waals surface area (Å²) in [5.41, 5.74) is 2.39. The van der Waals surface area contributed by atoms with Crippen molar-refractivity contribution >= 4 is 27.5 Å². The van der Waals surface area contributed by atoms with E-state index in [1.807, 2.05) is 12.1 Å². The summed E-state index contributed by atoms with van der Waals surface area (Å²) in [6.07, 6.45) is 0.759. The number of rotatable bonds is 6. The maximum Gasteiger partial charge on any atom is 0.310 e. The molecule has 0 unspecified atom stereocenters. The van der Waals surface area contributed by atoms with Gasteiger partial charge >= 0.3 is 5.69 Å². The van der Waals surface area contributed by atoms with Crippen LogP contribution in [0.5, 0.6) is 5.75 Å². The number of aryl methyl sites for hydroxylation is 1. The molecule has 0 bridgehead atoms. The third kappa shape index (κ3) is 2.88. The number of nitro groups is 1. The molecule has 26 heavy (non-hydrogen) atoms. The van der Waals surface area contributed by atoms with E-state index in [4.69, 9.17) is 4.74 Å². The first kappa shape index (κ1) is 16.1. The van der Waals surface area contributed by atoms with Crippen LogP contribution in [0.2, 0.25) is 0 Å². The van der Waals surface area contributed by atoms with Crippen molar-refractivity contribution in [3.8, 4) is 5.75 Å². The molecule has 0 spiro atoms. The quantitative estimate of drug-likeness (QED) is 0.275. The SMILES string of the molecule is O=[N+]([O-])c1ccccc1OCCCn1c2ccccc2c2ccccc21. The van der Waals surface area contributed by atoms with Crippen molar-refractivity contribution in [1.82, 2.24) is 4.57 Å². The zero-order valence-electron chi connectivity index (χ0n) is 14.2. The van der Waals surface area contributed by atoms with Gasteiger partial charge in [0.2, 0.25) is 0 Å². The van der Waals surface area contributed by atoms with Gasteiger partial charge in [0.05, 0.1) is 11.5 Å². The van der Waals surface area contributed by atoms with Crippen molar-refractivity contribution in [3.05, 3.63) is 82.9 Å². The Kier molecular flexibility index (Phi) is 4.27. The Bertz CT molecular complexity index is 1030. The van der Waals surface area contributed by atoms with Crippen LogP contribution in [0.15, 0.2) is 72.8 Å². The summed E-state index contributed by atoms with van der Waals surface area (Å²) in [4.78, 5) is 10.6. The highest BCUT2D eigenvalue weighted by Gasteiger charge is 2.13. The fraction of sp³-hybridized carbons (Fsp3) is 0.143.